The monoisotopic (exact) mass is 505 g/mol. The molecule has 0 spiro atoms. The molecule has 1 saturated heterocycles. The molecular weight excluding hydrogens is 482 g/mol. The maximum atomic E-state index is 13.2. The first-order valence-corrected chi connectivity index (χ1v) is 11.9. The lowest BCUT2D eigenvalue weighted by Gasteiger charge is -2.36. The second-order valence-electron chi connectivity index (χ2n) is 8.27. The molecule has 10 heteroatoms. The zero-order valence-electron chi connectivity index (χ0n) is 19.4. The molecule has 0 radical (unpaired) electrons. The molecule has 36 heavy (non-hydrogen) atoms. The van der Waals surface area contributed by atoms with E-state index in [-0.39, 0.29) is 25.2 Å². The van der Waals surface area contributed by atoms with Gasteiger partial charge in [0.2, 0.25) is 12.7 Å². The fourth-order valence-electron chi connectivity index (χ4n) is 4.08. The van der Waals surface area contributed by atoms with Crippen LogP contribution >= 0.6 is 11.6 Å². The van der Waals surface area contributed by atoms with Gasteiger partial charge in [-0.05, 0) is 42.0 Å². The molecule has 2 aliphatic rings. The number of nitrogens with zero attached hydrogens (tertiary/aromatic N) is 5. The number of hydrogen-bond acceptors (Lipinski definition) is 7. The number of amides is 2. The van der Waals surface area contributed by atoms with Gasteiger partial charge in [-0.25, -0.2) is 5.01 Å². The maximum Gasteiger partial charge on any atom is 0.274 e. The van der Waals surface area contributed by atoms with Crippen LogP contribution in [0, 0.1) is 0 Å². The number of anilines is 1. The van der Waals surface area contributed by atoms with Crippen molar-refractivity contribution in [1.82, 2.24) is 14.9 Å². The molecule has 9 nitrogen and oxygen atoms in total. The lowest BCUT2D eigenvalue weighted by atomic mass is 10.2. The fraction of sp³-hybridized carbons (Fsp3) is 0.231. The minimum atomic E-state index is -0.383. The summed E-state index contributed by atoms with van der Waals surface area (Å²) in [4.78, 5) is 34.2. The summed E-state index contributed by atoms with van der Waals surface area (Å²) in [5.74, 6) is 0.910. The molecule has 1 aromatic heterocycles. The van der Waals surface area contributed by atoms with Gasteiger partial charge in [0.15, 0.2) is 11.5 Å². The number of carbonyl (C=O) groups is 2. The van der Waals surface area contributed by atoms with Crippen molar-refractivity contribution in [2.24, 2.45) is 5.10 Å². The first-order chi connectivity index (χ1) is 17.6. The van der Waals surface area contributed by atoms with E-state index >= 15 is 0 Å². The van der Waals surface area contributed by atoms with E-state index < -0.39 is 0 Å². The summed E-state index contributed by atoms with van der Waals surface area (Å²) in [6.07, 6.45) is 4.60. The van der Waals surface area contributed by atoms with Gasteiger partial charge in [0.25, 0.3) is 5.91 Å². The van der Waals surface area contributed by atoms with Crippen LogP contribution in [0.2, 0.25) is 5.02 Å². The molecule has 0 unspecified atom stereocenters. The summed E-state index contributed by atoms with van der Waals surface area (Å²) in [6, 6.07) is 16.1. The molecule has 2 amide bonds. The number of para-hydroxylation sites is 1. The predicted octanol–water partition coefficient (Wildman–Crippen LogP) is 3.29. The van der Waals surface area contributed by atoms with E-state index in [9.17, 15) is 9.59 Å². The number of halogens is 1. The topological polar surface area (TPSA) is 87.6 Å². The van der Waals surface area contributed by atoms with E-state index in [1.807, 2.05) is 18.2 Å². The van der Waals surface area contributed by atoms with Crippen LogP contribution in [0.1, 0.15) is 15.9 Å². The summed E-state index contributed by atoms with van der Waals surface area (Å²) >= 11 is 5.96. The minimum Gasteiger partial charge on any atom is -0.454 e. The Morgan fingerprint density at radius 3 is 2.50 bits per heavy atom. The van der Waals surface area contributed by atoms with Crippen LogP contribution in [0.4, 0.5) is 5.69 Å². The van der Waals surface area contributed by atoms with Crippen molar-refractivity contribution in [1.29, 1.82) is 0 Å². The third kappa shape index (κ3) is 5.26. The summed E-state index contributed by atoms with van der Waals surface area (Å²) in [7, 11) is 0. The Labute approximate surface area is 213 Å². The largest absolute Gasteiger partial charge is 0.454 e. The normalized spacial score (nSPS) is 14.8. The van der Waals surface area contributed by atoms with Crippen LogP contribution in [-0.4, -0.2) is 72.4 Å². The molecule has 3 aromatic rings. The molecule has 0 bridgehead atoms. The van der Waals surface area contributed by atoms with Gasteiger partial charge in [0, 0.05) is 49.2 Å². The Morgan fingerprint density at radius 2 is 1.75 bits per heavy atom. The number of hydrogen-bond donors (Lipinski definition) is 0. The summed E-state index contributed by atoms with van der Waals surface area (Å²) in [6.45, 7) is 2.34. The molecule has 5 rings (SSSR count). The quantitative estimate of drug-likeness (QED) is 0.377. The summed E-state index contributed by atoms with van der Waals surface area (Å²) in [5.41, 5.74) is 2.12. The summed E-state index contributed by atoms with van der Waals surface area (Å²) in [5, 5.41) is 6.13. The third-order valence-corrected chi connectivity index (χ3v) is 6.26. The van der Waals surface area contributed by atoms with E-state index in [2.05, 4.69) is 15.0 Å². The van der Waals surface area contributed by atoms with Crippen LogP contribution in [0.5, 0.6) is 11.5 Å². The number of piperazine rings is 1. The van der Waals surface area contributed by atoms with Gasteiger partial charge in [-0.2, -0.15) is 5.10 Å². The van der Waals surface area contributed by atoms with Gasteiger partial charge in [-0.1, -0.05) is 29.8 Å². The Kier molecular flexibility index (Phi) is 6.99. The van der Waals surface area contributed by atoms with Crippen LogP contribution in [-0.2, 0) is 4.79 Å². The smallest absolute Gasteiger partial charge is 0.274 e. The number of ether oxygens (including phenoxy) is 2. The predicted molar refractivity (Wildman–Crippen MR) is 136 cm³/mol. The first-order valence-electron chi connectivity index (χ1n) is 11.5. The van der Waals surface area contributed by atoms with Gasteiger partial charge < -0.3 is 19.3 Å². The zero-order valence-corrected chi connectivity index (χ0v) is 20.2. The lowest BCUT2D eigenvalue weighted by molar-refractivity contribution is -0.132. The standard InChI is InChI=1S/C26H24ClN5O4/c27-21-6-4-19(5-7-21)16-29-32(26(34)20-8-10-28-11-9-20)17-24(33)31-14-12-30(13-15-31)22-2-1-3-23-25(22)36-18-35-23/h1-11,16H,12-15,17-18H2/b29-16+. The first kappa shape index (κ1) is 23.6. The van der Waals surface area contributed by atoms with Crippen molar-refractivity contribution in [2.75, 3.05) is 44.4 Å². The molecule has 2 aromatic carbocycles. The van der Waals surface area contributed by atoms with E-state index in [0.29, 0.717) is 36.8 Å². The van der Waals surface area contributed by atoms with Crippen molar-refractivity contribution >= 4 is 35.3 Å². The second-order valence-corrected chi connectivity index (χ2v) is 8.71. The van der Waals surface area contributed by atoms with E-state index in [0.717, 1.165) is 22.7 Å². The van der Waals surface area contributed by atoms with Gasteiger partial charge in [0.05, 0.1) is 11.9 Å². The molecule has 2 aliphatic heterocycles. The highest BCUT2D eigenvalue weighted by Gasteiger charge is 2.28. The van der Waals surface area contributed by atoms with Crippen molar-refractivity contribution in [3.8, 4) is 11.5 Å². The molecule has 0 atom stereocenters. The van der Waals surface area contributed by atoms with Gasteiger partial charge >= 0.3 is 0 Å². The Balaban J connectivity index is 1.27. The fourth-order valence-corrected chi connectivity index (χ4v) is 4.21. The zero-order chi connectivity index (χ0) is 24.9. The van der Waals surface area contributed by atoms with Crippen LogP contribution < -0.4 is 14.4 Å². The Hall–Kier alpha value is -4.11. The van der Waals surface area contributed by atoms with Crippen LogP contribution in [0.3, 0.4) is 0 Å². The molecular formula is C26H24ClN5O4. The van der Waals surface area contributed by atoms with Gasteiger partial charge in [-0.15, -0.1) is 0 Å². The maximum absolute atomic E-state index is 13.2. The Bertz CT molecular complexity index is 1260. The highest BCUT2D eigenvalue weighted by Crippen LogP contribution is 2.41. The number of hydrazone groups is 1. The number of benzene rings is 2. The number of rotatable bonds is 6. The Morgan fingerprint density at radius 1 is 1.00 bits per heavy atom. The van der Waals surface area contributed by atoms with Crippen molar-refractivity contribution < 1.29 is 19.1 Å². The van der Waals surface area contributed by atoms with E-state index in [1.165, 1.54) is 17.4 Å². The van der Waals surface area contributed by atoms with E-state index in [4.69, 9.17) is 21.1 Å². The molecule has 0 aliphatic carbocycles. The second kappa shape index (κ2) is 10.7. The average Bonchev–Trinajstić information content (AvgIpc) is 3.41. The lowest BCUT2D eigenvalue weighted by Crippen LogP contribution is -2.51. The van der Waals surface area contributed by atoms with E-state index in [1.54, 1.807) is 47.5 Å². The van der Waals surface area contributed by atoms with Crippen LogP contribution in [0.25, 0.3) is 0 Å². The molecule has 184 valence electrons. The molecule has 1 fully saturated rings. The number of pyridine rings is 1. The molecule has 0 saturated carbocycles. The SMILES string of the molecule is O=C(CN(/N=C/c1ccc(Cl)cc1)C(=O)c1ccncc1)N1CCN(c2cccc3c2OCO3)CC1. The highest BCUT2D eigenvalue weighted by atomic mass is 35.5. The highest BCUT2D eigenvalue weighted by molar-refractivity contribution is 6.30. The van der Waals surface area contributed by atoms with Gasteiger partial charge in [0.1, 0.15) is 6.54 Å². The van der Waals surface area contributed by atoms with Crippen molar-refractivity contribution in [3.05, 3.63) is 83.1 Å². The number of carbonyl (C=O) groups excluding carboxylic acids is 2. The average molecular weight is 506 g/mol. The van der Waals surface area contributed by atoms with Gasteiger partial charge in [-0.3, -0.25) is 14.6 Å². The third-order valence-electron chi connectivity index (χ3n) is 6.01. The van der Waals surface area contributed by atoms with Crippen molar-refractivity contribution in [3.63, 3.8) is 0 Å². The van der Waals surface area contributed by atoms with Crippen molar-refractivity contribution in [2.45, 2.75) is 0 Å². The molecule has 0 N–H and O–H groups in total. The molecule has 3 heterocycles. The summed E-state index contributed by atoms with van der Waals surface area (Å²) < 4.78 is 11.1. The number of aromatic nitrogens is 1. The van der Waals surface area contributed by atoms with Crippen LogP contribution in [0.15, 0.2) is 72.1 Å². The number of fused-ring (bicyclic) bond motifs is 1. The minimum absolute atomic E-state index is 0.178.